The molecule has 38 heavy (non-hydrogen) atoms. The van der Waals surface area contributed by atoms with Gasteiger partial charge in [0.25, 0.3) is 11.8 Å². The van der Waals surface area contributed by atoms with Crippen molar-refractivity contribution in [1.29, 1.82) is 0 Å². The maximum atomic E-state index is 13.3. The van der Waals surface area contributed by atoms with Gasteiger partial charge in [0, 0.05) is 45.5 Å². The second kappa shape index (κ2) is 7.03. The van der Waals surface area contributed by atoms with Crippen LogP contribution in [0.1, 0.15) is 33.0 Å². The summed E-state index contributed by atoms with van der Waals surface area (Å²) < 4.78 is 16.0. The Bertz CT molecular complexity index is 1920. The first-order valence-electron chi connectivity index (χ1n) is 12.3. The zero-order valence-corrected chi connectivity index (χ0v) is 20.1. The Morgan fingerprint density at radius 1 is 0.947 bits per heavy atom. The van der Waals surface area contributed by atoms with Crippen molar-refractivity contribution in [3.05, 3.63) is 47.5 Å². The zero-order chi connectivity index (χ0) is 26.2. The number of nitrogen functional groups attached to an aromatic ring is 2. The Labute approximate surface area is 214 Å². The first kappa shape index (κ1) is 21.9. The fourth-order valence-electron chi connectivity index (χ4n) is 6.99. The number of nitrogens with two attached hydrogens (primary N) is 2. The number of amides is 2. The molecule has 0 unspecified atom stereocenters. The number of aliphatic hydroxyl groups excluding tert-OH is 2. The average molecular weight is 514 g/mol. The molecule has 3 aromatic carbocycles. The molecule has 3 aliphatic heterocycles. The molecule has 0 saturated carbocycles. The number of aliphatic hydroxyl groups is 2. The van der Waals surface area contributed by atoms with E-state index in [2.05, 4.69) is 5.32 Å². The summed E-state index contributed by atoms with van der Waals surface area (Å²) in [5.74, 6) is -0.978. The number of ether oxygens (including phenoxy) is 2. The van der Waals surface area contributed by atoms with E-state index in [0.717, 1.165) is 11.0 Å². The Balaban J connectivity index is 1.68. The molecule has 1 saturated heterocycles. The van der Waals surface area contributed by atoms with Gasteiger partial charge in [-0.1, -0.05) is 0 Å². The van der Waals surface area contributed by atoms with Crippen LogP contribution >= 0.6 is 0 Å². The summed E-state index contributed by atoms with van der Waals surface area (Å²) in [6, 6.07) is 10.1. The molecule has 5 aromatic rings. The van der Waals surface area contributed by atoms with Crippen LogP contribution in [0.25, 0.3) is 43.6 Å². The quantitative estimate of drug-likeness (QED) is 0.176. The molecule has 11 nitrogen and oxygen atoms in total. The lowest BCUT2D eigenvalue weighted by molar-refractivity contribution is -0.231. The summed E-state index contributed by atoms with van der Waals surface area (Å²) in [7, 11) is 1.47. The Hall–Kier alpha value is -4.16. The van der Waals surface area contributed by atoms with E-state index in [1.165, 1.54) is 7.11 Å². The monoisotopic (exact) mass is 513 g/mol. The molecule has 5 atom stereocenters. The van der Waals surface area contributed by atoms with Gasteiger partial charge in [0.05, 0.1) is 34.3 Å². The minimum atomic E-state index is -1.08. The number of nitrogens with zero attached hydrogens (tertiary/aromatic N) is 2. The van der Waals surface area contributed by atoms with Crippen molar-refractivity contribution in [2.75, 3.05) is 25.2 Å². The number of carbonyl (C=O) groups excluding carboxylic acids is 2. The predicted octanol–water partition coefficient (Wildman–Crippen LogP) is 1.77. The number of hydrogen-bond acceptors (Lipinski definition) is 8. The van der Waals surface area contributed by atoms with E-state index in [9.17, 15) is 19.8 Å². The van der Waals surface area contributed by atoms with Crippen LogP contribution in [0.4, 0.5) is 11.4 Å². The van der Waals surface area contributed by atoms with Crippen molar-refractivity contribution in [1.82, 2.24) is 14.5 Å². The number of imide groups is 1. The number of nitrogens with one attached hydrogen (secondary N) is 1. The van der Waals surface area contributed by atoms with Gasteiger partial charge in [0.2, 0.25) is 0 Å². The molecule has 2 amide bonds. The summed E-state index contributed by atoms with van der Waals surface area (Å²) in [5, 5.41) is 26.9. The van der Waals surface area contributed by atoms with E-state index in [-0.39, 0.29) is 17.7 Å². The fraction of sp³-hybridized carbons (Fsp3) is 0.259. The maximum absolute atomic E-state index is 13.3. The van der Waals surface area contributed by atoms with Crippen LogP contribution in [0.15, 0.2) is 36.4 Å². The molecule has 5 heterocycles. The highest BCUT2D eigenvalue weighted by Crippen LogP contribution is 2.54. The van der Waals surface area contributed by atoms with E-state index in [1.807, 2.05) is 21.3 Å². The summed E-state index contributed by atoms with van der Waals surface area (Å²) in [6.07, 6.45) is -3.45. The summed E-state index contributed by atoms with van der Waals surface area (Å²) in [6.45, 7) is -0.361. The lowest BCUT2D eigenvalue weighted by Gasteiger charge is -2.47. The van der Waals surface area contributed by atoms with Crippen molar-refractivity contribution in [2.45, 2.75) is 30.6 Å². The van der Waals surface area contributed by atoms with E-state index >= 15 is 0 Å². The number of methoxy groups -OCH3 is 1. The van der Waals surface area contributed by atoms with Crippen molar-refractivity contribution in [3.63, 3.8) is 0 Å². The molecule has 11 heteroatoms. The predicted molar refractivity (Wildman–Crippen MR) is 140 cm³/mol. The smallest absolute Gasteiger partial charge is 0.259 e. The van der Waals surface area contributed by atoms with Gasteiger partial charge in [-0.25, -0.2) is 0 Å². The average Bonchev–Trinajstić information content (AvgIpc) is 3.50. The van der Waals surface area contributed by atoms with Crippen LogP contribution in [0.5, 0.6) is 0 Å². The number of benzene rings is 3. The molecule has 0 bridgehead atoms. The highest BCUT2D eigenvalue weighted by Gasteiger charge is 2.51. The third-order valence-electron chi connectivity index (χ3n) is 8.37. The van der Waals surface area contributed by atoms with Crippen LogP contribution in [-0.2, 0) is 9.47 Å². The van der Waals surface area contributed by atoms with E-state index < -0.39 is 42.4 Å². The summed E-state index contributed by atoms with van der Waals surface area (Å²) >= 11 is 0. The first-order chi connectivity index (χ1) is 18.3. The van der Waals surface area contributed by atoms with Gasteiger partial charge in [-0.15, -0.1) is 0 Å². The van der Waals surface area contributed by atoms with Crippen LogP contribution < -0.4 is 16.8 Å². The SMILES string of the molecule is CO[C@H]1[C@H](O)[C@H]2[C@@H](O[C@@H]1CO)n1c3ccc(N)cc3c3c4c(c5c6cc(N)ccc6n2c5c31)C(=O)NC4=O. The van der Waals surface area contributed by atoms with Gasteiger partial charge in [-0.3, -0.25) is 14.9 Å². The third kappa shape index (κ3) is 2.34. The number of hydrogen-bond donors (Lipinski definition) is 5. The Kier molecular flexibility index (Phi) is 4.05. The molecule has 8 rings (SSSR count). The van der Waals surface area contributed by atoms with Crippen molar-refractivity contribution < 1.29 is 29.3 Å². The molecule has 0 aliphatic carbocycles. The number of fused-ring (bicyclic) bond motifs is 12. The minimum absolute atomic E-state index is 0.273. The summed E-state index contributed by atoms with van der Waals surface area (Å²) in [5.41, 5.74) is 16.7. The molecular formula is C27H23N5O6. The number of anilines is 2. The second-order valence-electron chi connectivity index (χ2n) is 10.2. The number of rotatable bonds is 2. The fourth-order valence-corrected chi connectivity index (χ4v) is 6.99. The van der Waals surface area contributed by atoms with Crippen molar-refractivity contribution in [3.8, 4) is 0 Å². The lowest BCUT2D eigenvalue weighted by Crippen LogP contribution is -2.55. The standard InChI is InChI=1S/C27H23N5O6/c1-37-24-15(8-33)38-27-22(23(24)34)31-13-4-2-9(28)6-11(13)16-18-19(26(36)30-25(18)35)17-12-7-10(29)3-5-14(12)32(27)21(17)20(16)31/h2-7,15,22-24,27,33-34H,8,28-29H2,1H3,(H,30,35,36)/t15-,22+,23-,24-,27-/m1/s1. The van der Waals surface area contributed by atoms with E-state index in [4.69, 9.17) is 20.9 Å². The van der Waals surface area contributed by atoms with Gasteiger partial charge in [-0.05, 0) is 36.4 Å². The Morgan fingerprint density at radius 3 is 2.05 bits per heavy atom. The normalized spacial score (nSPS) is 26.1. The number of carbonyl (C=O) groups is 2. The molecule has 2 aromatic heterocycles. The largest absolute Gasteiger partial charge is 0.399 e. The van der Waals surface area contributed by atoms with E-state index in [1.54, 1.807) is 24.3 Å². The number of aromatic nitrogens is 2. The van der Waals surface area contributed by atoms with Crippen LogP contribution in [0.3, 0.4) is 0 Å². The molecule has 0 spiro atoms. The van der Waals surface area contributed by atoms with Crippen molar-refractivity contribution in [2.24, 2.45) is 0 Å². The van der Waals surface area contributed by atoms with Crippen LogP contribution in [0, 0.1) is 0 Å². The van der Waals surface area contributed by atoms with Gasteiger partial charge in [0.15, 0.2) is 6.23 Å². The zero-order valence-electron chi connectivity index (χ0n) is 20.1. The first-order valence-corrected chi connectivity index (χ1v) is 12.3. The molecule has 0 radical (unpaired) electrons. The minimum Gasteiger partial charge on any atom is -0.399 e. The molecule has 3 aliphatic rings. The summed E-state index contributed by atoms with van der Waals surface area (Å²) in [4.78, 5) is 26.6. The van der Waals surface area contributed by atoms with Gasteiger partial charge in [0.1, 0.15) is 24.4 Å². The van der Waals surface area contributed by atoms with Crippen LogP contribution in [0.2, 0.25) is 0 Å². The van der Waals surface area contributed by atoms with Crippen LogP contribution in [-0.4, -0.2) is 63.2 Å². The molecule has 192 valence electrons. The molecule has 7 N–H and O–H groups in total. The highest BCUT2D eigenvalue weighted by molar-refractivity contribution is 6.39. The van der Waals surface area contributed by atoms with Gasteiger partial charge >= 0.3 is 0 Å². The molecule has 1 fully saturated rings. The topological polar surface area (TPSA) is 167 Å². The van der Waals surface area contributed by atoms with Gasteiger partial charge in [-0.2, -0.15) is 0 Å². The lowest BCUT2D eigenvalue weighted by atomic mass is 9.92. The van der Waals surface area contributed by atoms with Crippen molar-refractivity contribution >= 4 is 66.8 Å². The highest BCUT2D eigenvalue weighted by atomic mass is 16.6. The van der Waals surface area contributed by atoms with Gasteiger partial charge < -0.3 is 40.3 Å². The maximum Gasteiger partial charge on any atom is 0.259 e. The third-order valence-corrected chi connectivity index (χ3v) is 8.37. The Morgan fingerprint density at radius 2 is 1.50 bits per heavy atom. The second-order valence-corrected chi connectivity index (χ2v) is 10.2. The molecular weight excluding hydrogens is 490 g/mol. The van der Waals surface area contributed by atoms with E-state index in [0.29, 0.717) is 44.0 Å².